The molecule has 0 amide bonds. The lowest BCUT2D eigenvalue weighted by molar-refractivity contribution is 0.281. The fraction of sp³-hybridized carbons (Fsp3) is 0.231. The predicted octanol–water partition coefficient (Wildman–Crippen LogP) is 1.95. The summed E-state index contributed by atoms with van der Waals surface area (Å²) in [4.78, 5) is 8.41. The van der Waals surface area contributed by atoms with Gasteiger partial charge < -0.3 is 9.84 Å². The molecule has 0 bridgehead atoms. The normalized spacial score (nSPS) is 10.3. The van der Waals surface area contributed by atoms with Crippen LogP contribution < -0.4 is 4.74 Å². The Kier molecular flexibility index (Phi) is 3.35. The lowest BCUT2D eigenvalue weighted by atomic mass is 10.1. The van der Waals surface area contributed by atoms with E-state index in [2.05, 4.69) is 9.97 Å². The second-order valence-electron chi connectivity index (χ2n) is 3.76. The quantitative estimate of drug-likeness (QED) is 0.875. The van der Waals surface area contributed by atoms with E-state index in [9.17, 15) is 0 Å². The summed E-state index contributed by atoms with van der Waals surface area (Å²) in [5, 5.41) is 8.91. The SMILES string of the molecule is COc1ccc(-c2ncc(CO)cn2)cc1C. The predicted molar refractivity (Wildman–Crippen MR) is 64.7 cm³/mol. The highest BCUT2D eigenvalue weighted by Gasteiger charge is 2.04. The summed E-state index contributed by atoms with van der Waals surface area (Å²) in [6.07, 6.45) is 3.25. The molecule has 4 heteroatoms. The van der Waals surface area contributed by atoms with Crippen LogP contribution in [0.5, 0.6) is 5.75 Å². The molecular formula is C13H14N2O2. The van der Waals surface area contributed by atoms with E-state index in [1.807, 2.05) is 25.1 Å². The average molecular weight is 230 g/mol. The maximum Gasteiger partial charge on any atom is 0.159 e. The molecule has 0 aliphatic carbocycles. The second-order valence-corrected chi connectivity index (χ2v) is 3.76. The zero-order valence-corrected chi connectivity index (χ0v) is 9.84. The van der Waals surface area contributed by atoms with Crippen LogP contribution in [0, 0.1) is 6.92 Å². The summed E-state index contributed by atoms with van der Waals surface area (Å²) in [7, 11) is 1.65. The van der Waals surface area contributed by atoms with Crippen LogP contribution >= 0.6 is 0 Å². The number of rotatable bonds is 3. The van der Waals surface area contributed by atoms with Gasteiger partial charge in [0.1, 0.15) is 5.75 Å². The molecule has 0 spiro atoms. The van der Waals surface area contributed by atoms with Gasteiger partial charge in [0, 0.05) is 23.5 Å². The Bertz CT molecular complexity index is 509. The molecule has 88 valence electrons. The molecule has 17 heavy (non-hydrogen) atoms. The number of hydrogen-bond acceptors (Lipinski definition) is 4. The summed E-state index contributed by atoms with van der Waals surface area (Å²) in [6, 6.07) is 5.79. The van der Waals surface area contributed by atoms with Crippen LogP contribution in [-0.2, 0) is 6.61 Å². The number of aryl methyl sites for hydroxylation is 1. The van der Waals surface area contributed by atoms with E-state index in [1.54, 1.807) is 19.5 Å². The van der Waals surface area contributed by atoms with Crippen molar-refractivity contribution < 1.29 is 9.84 Å². The summed E-state index contributed by atoms with van der Waals surface area (Å²) in [5.74, 6) is 1.49. The maximum atomic E-state index is 8.91. The largest absolute Gasteiger partial charge is 0.496 e. The molecule has 0 fully saturated rings. The number of nitrogens with zero attached hydrogens (tertiary/aromatic N) is 2. The number of aliphatic hydroxyl groups excluding tert-OH is 1. The van der Waals surface area contributed by atoms with E-state index in [-0.39, 0.29) is 6.61 Å². The van der Waals surface area contributed by atoms with Crippen LogP contribution in [0.4, 0.5) is 0 Å². The van der Waals surface area contributed by atoms with Crippen molar-refractivity contribution in [2.24, 2.45) is 0 Å². The summed E-state index contributed by atoms with van der Waals surface area (Å²) in [5.41, 5.74) is 2.69. The van der Waals surface area contributed by atoms with Gasteiger partial charge in [-0.15, -0.1) is 0 Å². The molecule has 0 aliphatic heterocycles. The molecule has 2 aromatic rings. The van der Waals surface area contributed by atoms with Gasteiger partial charge in [0.15, 0.2) is 5.82 Å². The van der Waals surface area contributed by atoms with E-state index in [1.165, 1.54) is 0 Å². The standard InChI is InChI=1S/C13H14N2O2/c1-9-5-11(3-4-12(9)17-2)13-14-6-10(8-16)7-15-13/h3-7,16H,8H2,1-2H3. The molecule has 0 saturated carbocycles. The Hall–Kier alpha value is -1.94. The Morgan fingerprint density at radius 3 is 2.47 bits per heavy atom. The monoisotopic (exact) mass is 230 g/mol. The number of ether oxygens (including phenoxy) is 1. The smallest absolute Gasteiger partial charge is 0.159 e. The molecule has 1 N–H and O–H groups in total. The van der Waals surface area contributed by atoms with Crippen molar-refractivity contribution in [3.63, 3.8) is 0 Å². The van der Waals surface area contributed by atoms with Crippen LogP contribution in [0.3, 0.4) is 0 Å². The molecule has 0 saturated heterocycles. The zero-order valence-electron chi connectivity index (χ0n) is 9.84. The number of hydrogen-bond donors (Lipinski definition) is 1. The fourth-order valence-electron chi connectivity index (χ4n) is 1.60. The van der Waals surface area contributed by atoms with Gasteiger partial charge in [-0.25, -0.2) is 9.97 Å². The average Bonchev–Trinajstić information content (AvgIpc) is 2.39. The Morgan fingerprint density at radius 1 is 1.24 bits per heavy atom. The van der Waals surface area contributed by atoms with Gasteiger partial charge >= 0.3 is 0 Å². The van der Waals surface area contributed by atoms with Gasteiger partial charge in [-0.3, -0.25) is 0 Å². The highest BCUT2D eigenvalue weighted by Crippen LogP contribution is 2.23. The van der Waals surface area contributed by atoms with Crippen molar-refractivity contribution in [1.29, 1.82) is 0 Å². The van der Waals surface area contributed by atoms with Crippen molar-refractivity contribution in [3.05, 3.63) is 41.7 Å². The number of benzene rings is 1. The van der Waals surface area contributed by atoms with Crippen LogP contribution in [0.2, 0.25) is 0 Å². The van der Waals surface area contributed by atoms with E-state index >= 15 is 0 Å². The van der Waals surface area contributed by atoms with E-state index < -0.39 is 0 Å². The van der Waals surface area contributed by atoms with Crippen LogP contribution in [0.15, 0.2) is 30.6 Å². The Balaban J connectivity index is 2.35. The number of methoxy groups -OCH3 is 1. The Labute approximate surface area is 99.9 Å². The first-order valence-corrected chi connectivity index (χ1v) is 5.31. The fourth-order valence-corrected chi connectivity index (χ4v) is 1.60. The van der Waals surface area contributed by atoms with Crippen LogP contribution in [0.25, 0.3) is 11.4 Å². The van der Waals surface area contributed by atoms with E-state index in [4.69, 9.17) is 9.84 Å². The topological polar surface area (TPSA) is 55.2 Å². The minimum absolute atomic E-state index is 0.0398. The van der Waals surface area contributed by atoms with Gasteiger partial charge in [0.25, 0.3) is 0 Å². The second kappa shape index (κ2) is 4.93. The molecule has 0 unspecified atom stereocenters. The molecule has 0 aliphatic rings. The highest BCUT2D eigenvalue weighted by atomic mass is 16.5. The first kappa shape index (κ1) is 11.5. The highest BCUT2D eigenvalue weighted by molar-refractivity contribution is 5.58. The third-order valence-electron chi connectivity index (χ3n) is 2.54. The van der Waals surface area contributed by atoms with E-state index in [0.29, 0.717) is 11.4 Å². The molecule has 2 rings (SSSR count). The molecule has 0 radical (unpaired) electrons. The van der Waals surface area contributed by atoms with Gasteiger partial charge in [-0.05, 0) is 30.7 Å². The molecular weight excluding hydrogens is 216 g/mol. The van der Waals surface area contributed by atoms with E-state index in [0.717, 1.165) is 16.9 Å². The first-order valence-electron chi connectivity index (χ1n) is 5.31. The van der Waals surface area contributed by atoms with Crippen LogP contribution in [-0.4, -0.2) is 22.2 Å². The summed E-state index contributed by atoms with van der Waals surface area (Å²) >= 11 is 0. The molecule has 0 atom stereocenters. The Morgan fingerprint density at radius 2 is 1.94 bits per heavy atom. The number of aliphatic hydroxyl groups is 1. The minimum atomic E-state index is -0.0398. The van der Waals surface area contributed by atoms with Crippen molar-refractivity contribution in [3.8, 4) is 17.1 Å². The molecule has 1 heterocycles. The molecule has 1 aromatic carbocycles. The lowest BCUT2D eigenvalue weighted by Gasteiger charge is -2.06. The molecule has 4 nitrogen and oxygen atoms in total. The number of aromatic nitrogens is 2. The zero-order chi connectivity index (χ0) is 12.3. The van der Waals surface area contributed by atoms with Crippen molar-refractivity contribution in [2.45, 2.75) is 13.5 Å². The lowest BCUT2D eigenvalue weighted by Crippen LogP contribution is -1.93. The van der Waals surface area contributed by atoms with Gasteiger partial charge in [0.2, 0.25) is 0 Å². The maximum absolute atomic E-state index is 8.91. The van der Waals surface area contributed by atoms with Crippen molar-refractivity contribution in [1.82, 2.24) is 9.97 Å². The minimum Gasteiger partial charge on any atom is -0.496 e. The van der Waals surface area contributed by atoms with Gasteiger partial charge in [-0.2, -0.15) is 0 Å². The van der Waals surface area contributed by atoms with Crippen LogP contribution in [0.1, 0.15) is 11.1 Å². The van der Waals surface area contributed by atoms with Crippen molar-refractivity contribution >= 4 is 0 Å². The molecule has 1 aromatic heterocycles. The third kappa shape index (κ3) is 2.42. The summed E-state index contributed by atoms with van der Waals surface area (Å²) < 4.78 is 5.20. The third-order valence-corrected chi connectivity index (χ3v) is 2.54. The van der Waals surface area contributed by atoms with Gasteiger partial charge in [0.05, 0.1) is 13.7 Å². The first-order chi connectivity index (χ1) is 8.24. The summed E-state index contributed by atoms with van der Waals surface area (Å²) in [6.45, 7) is 1.94. The van der Waals surface area contributed by atoms with Gasteiger partial charge in [-0.1, -0.05) is 0 Å². The van der Waals surface area contributed by atoms with Crippen molar-refractivity contribution in [2.75, 3.05) is 7.11 Å².